The molecule has 0 atom stereocenters. The number of nitro benzene ring substituents is 1. The van der Waals surface area contributed by atoms with Gasteiger partial charge >= 0.3 is 0 Å². The summed E-state index contributed by atoms with van der Waals surface area (Å²) >= 11 is 0. The molecule has 10 heteroatoms. The molecule has 3 aromatic carbocycles. The fourth-order valence-corrected chi connectivity index (χ4v) is 5.07. The number of hydrogen-bond acceptors (Lipinski definition) is 7. The Hall–Kier alpha value is -3.79. The van der Waals surface area contributed by atoms with Crippen molar-refractivity contribution in [2.45, 2.75) is 11.4 Å². The lowest BCUT2D eigenvalue weighted by Crippen LogP contribution is -2.26. The molecule has 1 aliphatic rings. The summed E-state index contributed by atoms with van der Waals surface area (Å²) in [7, 11) is -3.74. The van der Waals surface area contributed by atoms with Gasteiger partial charge in [-0.3, -0.25) is 14.4 Å². The topological polar surface area (TPSA) is 119 Å². The van der Waals surface area contributed by atoms with Crippen molar-refractivity contribution in [2.75, 3.05) is 4.31 Å². The molecule has 5 rings (SSSR count). The van der Waals surface area contributed by atoms with Crippen molar-refractivity contribution in [1.82, 2.24) is 10.2 Å². The van der Waals surface area contributed by atoms with Crippen molar-refractivity contribution < 1.29 is 17.8 Å². The predicted molar refractivity (Wildman–Crippen MR) is 104 cm³/mol. The van der Waals surface area contributed by atoms with Crippen LogP contribution in [0.3, 0.4) is 0 Å². The van der Waals surface area contributed by atoms with Gasteiger partial charge in [-0.05, 0) is 29.7 Å². The van der Waals surface area contributed by atoms with E-state index in [0.717, 1.165) is 5.39 Å². The van der Waals surface area contributed by atoms with E-state index in [0.29, 0.717) is 16.6 Å². The second kappa shape index (κ2) is 6.11. The average Bonchev–Trinajstić information content (AvgIpc) is 3.27. The highest BCUT2D eigenvalue weighted by Gasteiger charge is 2.36. The van der Waals surface area contributed by atoms with Gasteiger partial charge < -0.3 is 4.42 Å². The quantitative estimate of drug-likeness (QED) is 0.374. The second-order valence-electron chi connectivity index (χ2n) is 6.45. The molecular weight excluding hydrogens is 396 g/mol. The van der Waals surface area contributed by atoms with Crippen LogP contribution in [0.5, 0.6) is 0 Å². The Morgan fingerprint density at radius 3 is 2.45 bits per heavy atom. The molecule has 0 bridgehead atoms. The molecular formula is C19H12N4O5S. The number of non-ortho nitro benzene ring substituents is 1. The van der Waals surface area contributed by atoms with Crippen molar-refractivity contribution in [3.8, 4) is 11.5 Å². The molecule has 0 N–H and O–H groups in total. The smallest absolute Gasteiger partial charge is 0.269 e. The van der Waals surface area contributed by atoms with Crippen LogP contribution in [0.4, 0.5) is 11.4 Å². The van der Waals surface area contributed by atoms with Crippen molar-refractivity contribution in [3.63, 3.8) is 0 Å². The molecule has 0 amide bonds. The Balaban J connectivity index is 1.49. The summed E-state index contributed by atoms with van der Waals surface area (Å²) in [5.41, 5.74) is 1.01. The minimum atomic E-state index is -3.74. The van der Waals surface area contributed by atoms with Crippen molar-refractivity contribution in [3.05, 3.63) is 76.7 Å². The molecule has 0 aliphatic carbocycles. The van der Waals surface area contributed by atoms with Gasteiger partial charge in [-0.2, -0.15) is 0 Å². The maximum Gasteiger partial charge on any atom is 0.269 e. The molecule has 2 heterocycles. The average molecular weight is 408 g/mol. The van der Waals surface area contributed by atoms with Gasteiger partial charge in [0.1, 0.15) is 6.54 Å². The Morgan fingerprint density at radius 2 is 1.72 bits per heavy atom. The molecule has 9 nitrogen and oxygen atoms in total. The number of sulfonamides is 1. The summed E-state index contributed by atoms with van der Waals surface area (Å²) in [6, 6.07) is 16.2. The highest BCUT2D eigenvalue weighted by atomic mass is 32.2. The van der Waals surface area contributed by atoms with E-state index in [9.17, 15) is 18.5 Å². The molecule has 4 aromatic rings. The van der Waals surface area contributed by atoms with E-state index >= 15 is 0 Å². The second-order valence-corrected chi connectivity index (χ2v) is 8.28. The summed E-state index contributed by atoms with van der Waals surface area (Å²) in [5.74, 6) is 0.272. The first-order chi connectivity index (χ1) is 13.9. The zero-order valence-corrected chi connectivity index (χ0v) is 15.5. The van der Waals surface area contributed by atoms with Gasteiger partial charge in [0.25, 0.3) is 15.7 Å². The number of nitro groups is 1. The SMILES string of the molecule is O=[N+]([O-])c1ccc(-c2nnc(CN3c4cccc5cccc(c45)S3(=O)=O)o2)cc1. The monoisotopic (exact) mass is 408 g/mol. The highest BCUT2D eigenvalue weighted by molar-refractivity contribution is 7.93. The molecule has 1 aliphatic heterocycles. The van der Waals surface area contributed by atoms with Gasteiger partial charge in [-0.15, -0.1) is 10.2 Å². The third-order valence-corrected chi connectivity index (χ3v) is 6.55. The summed E-state index contributed by atoms with van der Waals surface area (Å²) in [4.78, 5) is 10.5. The first kappa shape index (κ1) is 17.3. The number of hydrogen-bond donors (Lipinski definition) is 0. The Bertz CT molecular complexity index is 1370. The molecule has 29 heavy (non-hydrogen) atoms. The van der Waals surface area contributed by atoms with E-state index < -0.39 is 14.9 Å². The van der Waals surface area contributed by atoms with Crippen LogP contribution in [0, 0.1) is 10.1 Å². The standard InChI is InChI=1S/C19H12N4O5S/c24-23(25)14-9-7-13(8-10-14)19-21-20-17(28-19)11-22-15-5-1-3-12-4-2-6-16(18(12)15)29(22,26)27/h1-10H,11H2. The van der Waals surface area contributed by atoms with Gasteiger partial charge in [0.15, 0.2) is 0 Å². The Kier molecular flexibility index (Phi) is 3.65. The van der Waals surface area contributed by atoms with E-state index in [-0.39, 0.29) is 28.9 Å². The fraction of sp³-hybridized carbons (Fsp3) is 0.0526. The third-order valence-electron chi connectivity index (χ3n) is 4.75. The van der Waals surface area contributed by atoms with Gasteiger partial charge in [0.2, 0.25) is 11.8 Å². The normalized spacial score (nSPS) is 14.4. The van der Waals surface area contributed by atoms with Gasteiger partial charge in [-0.1, -0.05) is 24.3 Å². The molecule has 144 valence electrons. The fourth-order valence-electron chi connectivity index (χ4n) is 3.41. The van der Waals surface area contributed by atoms with Gasteiger partial charge in [-0.25, -0.2) is 8.42 Å². The molecule has 0 unspecified atom stereocenters. The van der Waals surface area contributed by atoms with Gasteiger partial charge in [0.05, 0.1) is 15.5 Å². The van der Waals surface area contributed by atoms with Crippen LogP contribution in [0.25, 0.3) is 22.2 Å². The van der Waals surface area contributed by atoms with Crippen LogP contribution in [0.2, 0.25) is 0 Å². The number of benzene rings is 3. The lowest BCUT2D eigenvalue weighted by atomic mass is 10.1. The summed E-state index contributed by atoms with van der Waals surface area (Å²) in [6.45, 7) is -0.115. The Morgan fingerprint density at radius 1 is 1.00 bits per heavy atom. The van der Waals surface area contributed by atoms with E-state index in [1.807, 2.05) is 12.1 Å². The summed E-state index contributed by atoms with van der Waals surface area (Å²) < 4.78 is 32.9. The third kappa shape index (κ3) is 2.64. The predicted octanol–water partition coefficient (Wildman–Crippen LogP) is 3.51. The molecule has 0 radical (unpaired) electrons. The maximum absolute atomic E-state index is 13.0. The molecule has 1 aromatic heterocycles. The van der Waals surface area contributed by atoms with E-state index in [1.54, 1.807) is 24.3 Å². The number of rotatable bonds is 4. The first-order valence-electron chi connectivity index (χ1n) is 8.57. The zero-order valence-electron chi connectivity index (χ0n) is 14.7. The van der Waals surface area contributed by atoms with Crippen LogP contribution < -0.4 is 4.31 Å². The minimum absolute atomic E-state index is 0.0532. The largest absolute Gasteiger partial charge is 0.419 e. The van der Waals surface area contributed by atoms with Crippen LogP contribution in [-0.4, -0.2) is 23.5 Å². The van der Waals surface area contributed by atoms with Gasteiger partial charge in [0, 0.05) is 23.1 Å². The van der Waals surface area contributed by atoms with E-state index in [1.165, 1.54) is 28.6 Å². The van der Waals surface area contributed by atoms with Crippen LogP contribution >= 0.6 is 0 Å². The summed E-state index contributed by atoms with van der Waals surface area (Å²) in [5, 5.41) is 20.2. The molecule has 0 spiro atoms. The molecule has 0 saturated heterocycles. The molecule has 0 saturated carbocycles. The Labute approximate surface area is 164 Å². The maximum atomic E-state index is 13.0. The number of anilines is 1. The lowest BCUT2D eigenvalue weighted by molar-refractivity contribution is -0.384. The lowest BCUT2D eigenvalue weighted by Gasteiger charge is -2.16. The zero-order chi connectivity index (χ0) is 20.2. The van der Waals surface area contributed by atoms with E-state index in [2.05, 4.69) is 10.2 Å². The van der Waals surface area contributed by atoms with Crippen LogP contribution in [0.1, 0.15) is 5.89 Å². The number of aromatic nitrogens is 2. The molecule has 0 fully saturated rings. The van der Waals surface area contributed by atoms with Crippen LogP contribution in [0.15, 0.2) is 70.0 Å². The van der Waals surface area contributed by atoms with Crippen molar-refractivity contribution in [1.29, 1.82) is 0 Å². The summed E-state index contributed by atoms with van der Waals surface area (Å²) in [6.07, 6.45) is 0. The highest BCUT2D eigenvalue weighted by Crippen LogP contribution is 2.42. The number of nitrogens with zero attached hydrogens (tertiary/aromatic N) is 4. The van der Waals surface area contributed by atoms with Crippen molar-refractivity contribution in [2.24, 2.45) is 0 Å². The van der Waals surface area contributed by atoms with E-state index in [4.69, 9.17) is 4.42 Å². The van der Waals surface area contributed by atoms with Crippen molar-refractivity contribution >= 4 is 32.2 Å². The minimum Gasteiger partial charge on any atom is -0.419 e. The van der Waals surface area contributed by atoms with Crippen LogP contribution in [-0.2, 0) is 16.6 Å². The first-order valence-corrected chi connectivity index (χ1v) is 10.0.